The molecule has 0 radical (unpaired) electrons. The minimum absolute atomic E-state index is 0.0284. The van der Waals surface area contributed by atoms with Crippen molar-refractivity contribution in [2.45, 2.75) is 45.3 Å². The first-order valence-electron chi connectivity index (χ1n) is 5.43. The Morgan fingerprint density at radius 2 is 2.13 bits per heavy atom. The first-order chi connectivity index (χ1) is 7.18. The molecule has 1 heterocycles. The lowest BCUT2D eigenvalue weighted by molar-refractivity contribution is -0.169. The summed E-state index contributed by atoms with van der Waals surface area (Å²) in [6, 6.07) is 0. The lowest BCUT2D eigenvalue weighted by Gasteiger charge is -2.22. The summed E-state index contributed by atoms with van der Waals surface area (Å²) >= 11 is 0. The van der Waals surface area contributed by atoms with Gasteiger partial charge in [-0.25, -0.2) is 0 Å². The van der Waals surface area contributed by atoms with Gasteiger partial charge in [-0.15, -0.1) is 0 Å². The third-order valence-electron chi connectivity index (χ3n) is 2.32. The monoisotopic (exact) mass is 214 g/mol. The molecule has 0 spiro atoms. The molecule has 15 heavy (non-hydrogen) atoms. The second-order valence-corrected chi connectivity index (χ2v) is 3.85. The van der Waals surface area contributed by atoms with E-state index in [9.17, 15) is 9.59 Å². The molecule has 0 aliphatic carbocycles. The Bertz CT molecular complexity index is 219. The zero-order valence-corrected chi connectivity index (χ0v) is 9.16. The van der Waals surface area contributed by atoms with Gasteiger partial charge < -0.3 is 14.3 Å². The van der Waals surface area contributed by atoms with Gasteiger partial charge in [0.1, 0.15) is 12.4 Å². The van der Waals surface area contributed by atoms with Crippen LogP contribution in [-0.4, -0.2) is 31.1 Å². The Labute approximate surface area is 89.9 Å². The molecular formula is C11H18O4. The second-order valence-electron chi connectivity index (χ2n) is 3.85. The van der Waals surface area contributed by atoms with Crippen LogP contribution in [0.4, 0.5) is 0 Å². The highest BCUT2D eigenvalue weighted by atomic mass is 16.7. The van der Waals surface area contributed by atoms with Crippen LogP contribution in [-0.2, 0) is 19.1 Å². The lowest BCUT2D eigenvalue weighted by atomic mass is 10.2. The number of carbonyl (C=O) groups is 2. The van der Waals surface area contributed by atoms with Gasteiger partial charge in [0.15, 0.2) is 12.1 Å². The highest BCUT2D eigenvalue weighted by Crippen LogP contribution is 2.13. The van der Waals surface area contributed by atoms with E-state index >= 15 is 0 Å². The average Bonchev–Trinajstić information content (AvgIpc) is 2.25. The van der Waals surface area contributed by atoms with Crippen LogP contribution in [0, 0.1) is 0 Å². The highest BCUT2D eigenvalue weighted by Gasteiger charge is 2.15. The molecule has 1 aliphatic heterocycles. The fourth-order valence-corrected chi connectivity index (χ4v) is 1.42. The van der Waals surface area contributed by atoms with Gasteiger partial charge in [-0.2, -0.15) is 0 Å². The predicted octanol–water partition coefficient (Wildman–Crippen LogP) is 1.47. The second kappa shape index (κ2) is 6.69. The van der Waals surface area contributed by atoms with Gasteiger partial charge in [0.2, 0.25) is 0 Å². The summed E-state index contributed by atoms with van der Waals surface area (Å²) in [4.78, 5) is 21.9. The lowest BCUT2D eigenvalue weighted by Crippen LogP contribution is -2.25. The normalized spacial score (nSPS) is 21.3. The smallest absolute Gasteiger partial charge is 0.159 e. The SMILES string of the molecule is CC(=O)CCC(=O)COC1CCCCO1. The predicted molar refractivity (Wildman–Crippen MR) is 54.5 cm³/mol. The fourth-order valence-electron chi connectivity index (χ4n) is 1.42. The largest absolute Gasteiger partial charge is 0.353 e. The van der Waals surface area contributed by atoms with Crippen LogP contribution in [0.15, 0.2) is 0 Å². The number of rotatable bonds is 6. The molecule has 1 aliphatic rings. The molecule has 1 unspecified atom stereocenters. The fraction of sp³-hybridized carbons (Fsp3) is 0.818. The van der Waals surface area contributed by atoms with Crippen LogP contribution < -0.4 is 0 Å². The molecule has 0 saturated carbocycles. The number of ether oxygens (including phenoxy) is 2. The Kier molecular flexibility index (Phi) is 5.50. The Hall–Kier alpha value is -0.740. The van der Waals surface area contributed by atoms with Crippen molar-refractivity contribution in [3.8, 4) is 0 Å². The maximum absolute atomic E-state index is 11.3. The first-order valence-corrected chi connectivity index (χ1v) is 5.43. The summed E-state index contributed by atoms with van der Waals surface area (Å²) < 4.78 is 10.6. The van der Waals surface area contributed by atoms with Crippen molar-refractivity contribution in [1.29, 1.82) is 0 Å². The van der Waals surface area contributed by atoms with Crippen LogP contribution >= 0.6 is 0 Å². The Morgan fingerprint density at radius 3 is 2.73 bits per heavy atom. The summed E-state index contributed by atoms with van der Waals surface area (Å²) in [7, 11) is 0. The van der Waals surface area contributed by atoms with Gasteiger partial charge >= 0.3 is 0 Å². The van der Waals surface area contributed by atoms with Crippen LogP contribution in [0.2, 0.25) is 0 Å². The summed E-state index contributed by atoms with van der Waals surface area (Å²) in [5.74, 6) is 0.0108. The van der Waals surface area contributed by atoms with E-state index < -0.39 is 0 Å². The number of hydrogen-bond donors (Lipinski definition) is 0. The number of ketones is 2. The van der Waals surface area contributed by atoms with Gasteiger partial charge in [-0.05, 0) is 26.2 Å². The zero-order valence-electron chi connectivity index (χ0n) is 9.16. The molecule has 0 N–H and O–H groups in total. The molecular weight excluding hydrogens is 196 g/mol. The molecule has 1 atom stereocenters. The average molecular weight is 214 g/mol. The quantitative estimate of drug-likeness (QED) is 0.671. The van der Waals surface area contributed by atoms with Gasteiger partial charge in [0.25, 0.3) is 0 Å². The maximum Gasteiger partial charge on any atom is 0.159 e. The van der Waals surface area contributed by atoms with Crippen molar-refractivity contribution in [3.63, 3.8) is 0 Å². The van der Waals surface area contributed by atoms with Crippen molar-refractivity contribution < 1.29 is 19.1 Å². The van der Waals surface area contributed by atoms with Crippen LogP contribution in [0.25, 0.3) is 0 Å². The summed E-state index contributed by atoms with van der Waals surface area (Å²) in [6.07, 6.45) is 3.39. The third-order valence-corrected chi connectivity index (χ3v) is 2.32. The van der Waals surface area contributed by atoms with E-state index in [4.69, 9.17) is 9.47 Å². The van der Waals surface area contributed by atoms with Crippen molar-refractivity contribution in [2.24, 2.45) is 0 Å². The van der Waals surface area contributed by atoms with Gasteiger partial charge in [0, 0.05) is 19.4 Å². The molecule has 0 aromatic carbocycles. The van der Waals surface area contributed by atoms with Gasteiger partial charge in [0.05, 0.1) is 0 Å². The maximum atomic E-state index is 11.3. The number of carbonyl (C=O) groups excluding carboxylic acids is 2. The van der Waals surface area contributed by atoms with Crippen molar-refractivity contribution in [3.05, 3.63) is 0 Å². The molecule has 4 nitrogen and oxygen atoms in total. The zero-order chi connectivity index (χ0) is 11.1. The molecule has 1 saturated heterocycles. The topological polar surface area (TPSA) is 52.6 Å². The van der Waals surface area contributed by atoms with Crippen molar-refractivity contribution in [2.75, 3.05) is 13.2 Å². The van der Waals surface area contributed by atoms with Crippen molar-refractivity contribution in [1.82, 2.24) is 0 Å². The van der Waals surface area contributed by atoms with E-state index in [0.29, 0.717) is 13.0 Å². The molecule has 0 aromatic heterocycles. The molecule has 1 rings (SSSR count). The van der Waals surface area contributed by atoms with E-state index in [1.165, 1.54) is 6.92 Å². The standard InChI is InChI=1S/C11H18O4/c1-9(12)5-6-10(13)8-15-11-4-2-3-7-14-11/h11H,2-8H2,1H3. The molecule has 0 aromatic rings. The molecule has 1 fully saturated rings. The van der Waals surface area contributed by atoms with E-state index in [-0.39, 0.29) is 30.9 Å². The van der Waals surface area contributed by atoms with Crippen LogP contribution in [0.5, 0.6) is 0 Å². The first kappa shape index (κ1) is 12.3. The van der Waals surface area contributed by atoms with E-state index in [2.05, 4.69) is 0 Å². The highest BCUT2D eigenvalue weighted by molar-refractivity contribution is 5.85. The van der Waals surface area contributed by atoms with Crippen LogP contribution in [0.1, 0.15) is 39.0 Å². The van der Waals surface area contributed by atoms with E-state index in [0.717, 1.165) is 19.3 Å². The minimum Gasteiger partial charge on any atom is -0.353 e. The molecule has 0 bridgehead atoms. The molecule has 0 amide bonds. The summed E-state index contributed by atoms with van der Waals surface area (Å²) in [5.41, 5.74) is 0. The van der Waals surface area contributed by atoms with Gasteiger partial charge in [-0.3, -0.25) is 4.79 Å². The minimum atomic E-state index is -0.222. The molecule has 86 valence electrons. The Balaban J connectivity index is 2.07. The van der Waals surface area contributed by atoms with Crippen LogP contribution in [0.3, 0.4) is 0 Å². The number of hydrogen-bond acceptors (Lipinski definition) is 4. The van der Waals surface area contributed by atoms with E-state index in [1.807, 2.05) is 0 Å². The van der Waals surface area contributed by atoms with E-state index in [1.54, 1.807) is 0 Å². The van der Waals surface area contributed by atoms with Gasteiger partial charge in [-0.1, -0.05) is 0 Å². The molecule has 4 heteroatoms. The number of Topliss-reactive ketones (excluding diaryl/α,β-unsaturated/α-hetero) is 2. The van der Waals surface area contributed by atoms with Crippen molar-refractivity contribution >= 4 is 11.6 Å². The summed E-state index contributed by atoms with van der Waals surface area (Å²) in [5, 5.41) is 0. The Morgan fingerprint density at radius 1 is 1.33 bits per heavy atom. The third kappa shape index (κ3) is 5.64. The summed E-state index contributed by atoms with van der Waals surface area (Å²) in [6.45, 7) is 2.27.